The van der Waals surface area contributed by atoms with E-state index in [4.69, 9.17) is 10.3 Å². The molecule has 0 saturated heterocycles. The number of hydrogen-bond donors (Lipinski definition) is 3. The predicted octanol–water partition coefficient (Wildman–Crippen LogP) is 2.10. The van der Waals surface area contributed by atoms with E-state index in [9.17, 15) is 0 Å². The summed E-state index contributed by atoms with van der Waals surface area (Å²) < 4.78 is 5.31. The van der Waals surface area contributed by atoms with Crippen LogP contribution in [0.3, 0.4) is 0 Å². The van der Waals surface area contributed by atoms with E-state index in [-0.39, 0.29) is 6.04 Å². The maximum Gasteiger partial charge on any atom is 0.239 e. The molecule has 2 heterocycles. The number of rotatable bonds is 6. The summed E-state index contributed by atoms with van der Waals surface area (Å²) in [7, 11) is 0. The molecule has 0 aliphatic heterocycles. The number of nitrogens with one attached hydrogen (secondary N) is 2. The molecule has 0 bridgehead atoms. The van der Waals surface area contributed by atoms with Crippen molar-refractivity contribution in [2.24, 2.45) is 5.84 Å². The van der Waals surface area contributed by atoms with Gasteiger partial charge in [-0.15, -0.1) is 0 Å². The van der Waals surface area contributed by atoms with Gasteiger partial charge in [-0.25, -0.2) is 10.8 Å². The molecule has 102 valence electrons. The highest BCUT2D eigenvalue weighted by Gasteiger charge is 2.07. The fourth-order valence-corrected chi connectivity index (χ4v) is 1.85. The van der Waals surface area contributed by atoms with E-state index < -0.39 is 0 Å². The van der Waals surface area contributed by atoms with Gasteiger partial charge in [0.25, 0.3) is 0 Å². The Bertz CT molecular complexity index is 512. The van der Waals surface area contributed by atoms with E-state index in [0.29, 0.717) is 5.95 Å². The van der Waals surface area contributed by atoms with Crippen molar-refractivity contribution in [2.45, 2.75) is 32.7 Å². The summed E-state index contributed by atoms with van der Waals surface area (Å²) in [6.07, 6.45) is 3.55. The maximum absolute atomic E-state index is 5.33. The van der Waals surface area contributed by atoms with Crippen LogP contribution in [0.4, 0.5) is 11.8 Å². The first-order valence-corrected chi connectivity index (χ1v) is 6.28. The fourth-order valence-electron chi connectivity index (χ4n) is 1.85. The second-order valence-electron chi connectivity index (χ2n) is 4.53. The standard InChI is InChI=1S/C13H19N5O/c1-9(5-6-11-4-3-7-19-11)15-12-8-10(2)16-13(17-12)18-14/h3-4,7-9H,5-6,14H2,1-2H3,(H2,15,16,17,18). The summed E-state index contributed by atoms with van der Waals surface area (Å²) in [5, 5.41) is 3.33. The number of aryl methyl sites for hydroxylation is 2. The molecule has 0 spiro atoms. The highest BCUT2D eigenvalue weighted by molar-refractivity contribution is 5.42. The zero-order chi connectivity index (χ0) is 13.7. The van der Waals surface area contributed by atoms with Crippen LogP contribution in [0, 0.1) is 6.92 Å². The first-order chi connectivity index (χ1) is 9.17. The summed E-state index contributed by atoms with van der Waals surface area (Å²) in [4.78, 5) is 8.40. The van der Waals surface area contributed by atoms with Crippen LogP contribution in [-0.4, -0.2) is 16.0 Å². The Morgan fingerprint density at radius 1 is 1.42 bits per heavy atom. The number of aromatic nitrogens is 2. The molecule has 0 saturated carbocycles. The molecule has 2 aromatic heterocycles. The minimum Gasteiger partial charge on any atom is -0.469 e. The van der Waals surface area contributed by atoms with Gasteiger partial charge in [-0.3, -0.25) is 5.43 Å². The molecule has 0 amide bonds. The number of nitrogens with zero attached hydrogens (tertiary/aromatic N) is 2. The van der Waals surface area contributed by atoms with E-state index in [1.54, 1.807) is 6.26 Å². The normalized spacial score (nSPS) is 12.2. The lowest BCUT2D eigenvalue weighted by atomic mass is 10.1. The second kappa shape index (κ2) is 6.19. The molecule has 0 aliphatic carbocycles. The predicted molar refractivity (Wildman–Crippen MR) is 74.7 cm³/mol. The average molecular weight is 261 g/mol. The maximum atomic E-state index is 5.33. The fraction of sp³-hybridized carbons (Fsp3) is 0.385. The smallest absolute Gasteiger partial charge is 0.239 e. The Balaban J connectivity index is 1.91. The van der Waals surface area contributed by atoms with Crippen LogP contribution >= 0.6 is 0 Å². The average Bonchev–Trinajstić information content (AvgIpc) is 2.88. The van der Waals surface area contributed by atoms with E-state index in [0.717, 1.165) is 30.1 Å². The lowest BCUT2D eigenvalue weighted by Crippen LogP contribution is -2.18. The number of nitrogens with two attached hydrogens (primary N) is 1. The Hall–Kier alpha value is -2.08. The van der Waals surface area contributed by atoms with Crippen molar-refractivity contribution in [3.63, 3.8) is 0 Å². The molecular weight excluding hydrogens is 242 g/mol. The first kappa shape index (κ1) is 13.4. The van der Waals surface area contributed by atoms with Gasteiger partial charge >= 0.3 is 0 Å². The van der Waals surface area contributed by atoms with Gasteiger partial charge in [0.2, 0.25) is 5.95 Å². The molecule has 0 fully saturated rings. The summed E-state index contributed by atoms with van der Waals surface area (Å²) in [5.41, 5.74) is 3.32. The van der Waals surface area contributed by atoms with Crippen molar-refractivity contribution in [1.82, 2.24) is 9.97 Å². The van der Waals surface area contributed by atoms with Crippen molar-refractivity contribution in [3.8, 4) is 0 Å². The largest absolute Gasteiger partial charge is 0.469 e. The van der Waals surface area contributed by atoms with Gasteiger partial charge in [0.15, 0.2) is 0 Å². The number of hydrogen-bond acceptors (Lipinski definition) is 6. The van der Waals surface area contributed by atoms with Crippen LogP contribution in [0.1, 0.15) is 24.8 Å². The van der Waals surface area contributed by atoms with Crippen LogP contribution in [0.15, 0.2) is 28.9 Å². The number of furan rings is 1. The van der Waals surface area contributed by atoms with E-state index >= 15 is 0 Å². The number of hydrazine groups is 1. The van der Waals surface area contributed by atoms with Crippen molar-refractivity contribution in [2.75, 3.05) is 10.7 Å². The van der Waals surface area contributed by atoms with Gasteiger partial charge in [0.05, 0.1) is 6.26 Å². The van der Waals surface area contributed by atoms with Crippen molar-refractivity contribution in [1.29, 1.82) is 0 Å². The molecule has 4 N–H and O–H groups in total. The Morgan fingerprint density at radius 3 is 2.95 bits per heavy atom. The van der Waals surface area contributed by atoms with Gasteiger partial charge in [0.1, 0.15) is 11.6 Å². The highest BCUT2D eigenvalue weighted by atomic mass is 16.3. The van der Waals surface area contributed by atoms with Gasteiger partial charge < -0.3 is 9.73 Å². The molecule has 6 heteroatoms. The quantitative estimate of drug-likeness (QED) is 0.545. The van der Waals surface area contributed by atoms with E-state index in [1.807, 2.05) is 25.1 Å². The Morgan fingerprint density at radius 2 is 2.26 bits per heavy atom. The lowest BCUT2D eigenvalue weighted by Gasteiger charge is -2.14. The van der Waals surface area contributed by atoms with E-state index in [1.165, 1.54) is 0 Å². The second-order valence-corrected chi connectivity index (χ2v) is 4.53. The first-order valence-electron chi connectivity index (χ1n) is 6.28. The summed E-state index contributed by atoms with van der Waals surface area (Å²) >= 11 is 0. The van der Waals surface area contributed by atoms with Crippen molar-refractivity contribution in [3.05, 3.63) is 35.9 Å². The summed E-state index contributed by atoms with van der Waals surface area (Å²) in [5.74, 6) is 7.51. The van der Waals surface area contributed by atoms with Gasteiger partial charge in [-0.2, -0.15) is 4.98 Å². The Labute approximate surface area is 112 Å². The third-order valence-electron chi connectivity index (χ3n) is 2.78. The third kappa shape index (κ3) is 3.96. The van der Waals surface area contributed by atoms with Crippen molar-refractivity contribution < 1.29 is 4.42 Å². The van der Waals surface area contributed by atoms with Crippen LogP contribution in [0.2, 0.25) is 0 Å². The van der Waals surface area contributed by atoms with Gasteiger partial charge in [0, 0.05) is 24.2 Å². The zero-order valence-electron chi connectivity index (χ0n) is 11.2. The molecule has 6 nitrogen and oxygen atoms in total. The van der Waals surface area contributed by atoms with Crippen LogP contribution in [0.5, 0.6) is 0 Å². The van der Waals surface area contributed by atoms with Crippen molar-refractivity contribution >= 4 is 11.8 Å². The molecule has 19 heavy (non-hydrogen) atoms. The number of nitrogen functional groups attached to an aromatic ring is 1. The van der Waals surface area contributed by atoms with Gasteiger partial charge in [-0.05, 0) is 32.4 Å². The van der Waals surface area contributed by atoms with Crippen LogP contribution in [0.25, 0.3) is 0 Å². The summed E-state index contributed by atoms with van der Waals surface area (Å²) in [6.45, 7) is 4.01. The third-order valence-corrected chi connectivity index (χ3v) is 2.78. The lowest BCUT2D eigenvalue weighted by molar-refractivity contribution is 0.495. The molecule has 0 aromatic carbocycles. The van der Waals surface area contributed by atoms with Crippen LogP contribution in [-0.2, 0) is 6.42 Å². The Kier molecular flexibility index (Phi) is 4.35. The molecule has 0 radical (unpaired) electrons. The van der Waals surface area contributed by atoms with E-state index in [2.05, 4.69) is 27.6 Å². The minimum atomic E-state index is 0.282. The minimum absolute atomic E-state index is 0.282. The number of anilines is 2. The SMILES string of the molecule is Cc1cc(NC(C)CCc2ccco2)nc(NN)n1. The molecule has 1 atom stereocenters. The monoisotopic (exact) mass is 261 g/mol. The molecule has 2 aromatic rings. The molecular formula is C13H19N5O. The van der Waals surface area contributed by atoms with Crippen LogP contribution < -0.4 is 16.6 Å². The molecule has 2 rings (SSSR count). The summed E-state index contributed by atoms with van der Waals surface area (Å²) in [6, 6.07) is 6.06. The van der Waals surface area contributed by atoms with Gasteiger partial charge in [-0.1, -0.05) is 0 Å². The molecule has 0 aliphatic rings. The molecule has 1 unspecified atom stereocenters. The highest BCUT2D eigenvalue weighted by Crippen LogP contribution is 2.12. The topological polar surface area (TPSA) is 89.0 Å². The zero-order valence-corrected chi connectivity index (χ0v) is 11.2.